The Kier molecular flexibility index (Phi) is 38.0. The van der Waals surface area contributed by atoms with Crippen LogP contribution in [0.3, 0.4) is 0 Å². The Hall–Kier alpha value is -2.03. The normalized spacial score (nSPS) is 14.0. The standard InChI is InChI=1S/C47H86NO8P/c1-6-8-10-12-14-16-18-20-22-24-26-27-29-31-33-35-37-39-46(49)53-43-45(44-55-57(51,52)54-42-41-48(3,4)5)56-47(50)40-38-36-34-32-30-28-25-23-21-19-17-15-13-11-9-7-2/h14,16,20,22-23,25-27,45H,6-13,15,17-19,21,24,28-44H2,1-5H3/b16-14-,22-20-,25-23-,27-26-/t45-/m1/s1. The van der Waals surface area contributed by atoms with Gasteiger partial charge >= 0.3 is 11.9 Å². The van der Waals surface area contributed by atoms with Gasteiger partial charge in [-0.2, -0.15) is 0 Å². The number of nitrogens with zero attached hydrogens (tertiary/aromatic N) is 1. The van der Waals surface area contributed by atoms with E-state index in [0.29, 0.717) is 23.9 Å². The molecule has 0 amide bonds. The van der Waals surface area contributed by atoms with Gasteiger partial charge in [0.05, 0.1) is 27.7 Å². The molecule has 0 saturated heterocycles. The Labute approximate surface area is 350 Å². The molecule has 0 rings (SSSR count). The number of ether oxygens (including phenoxy) is 2. The molecule has 1 unspecified atom stereocenters. The van der Waals surface area contributed by atoms with Crippen molar-refractivity contribution in [3.63, 3.8) is 0 Å². The summed E-state index contributed by atoms with van der Waals surface area (Å²) in [5, 5.41) is 0. The fourth-order valence-corrected chi connectivity index (χ4v) is 6.68. The lowest BCUT2D eigenvalue weighted by atomic mass is 10.1. The van der Waals surface area contributed by atoms with Crippen molar-refractivity contribution >= 4 is 19.8 Å². The predicted molar refractivity (Wildman–Crippen MR) is 236 cm³/mol. The molecule has 0 aliphatic carbocycles. The highest BCUT2D eigenvalue weighted by atomic mass is 31.2. The summed E-state index contributed by atoms with van der Waals surface area (Å²) in [6.45, 7) is 4.16. The van der Waals surface area contributed by atoms with Crippen LogP contribution in [-0.2, 0) is 32.7 Å². The molecule has 0 bridgehead atoms. The Morgan fingerprint density at radius 3 is 1.46 bits per heavy atom. The summed E-state index contributed by atoms with van der Waals surface area (Å²) in [5.74, 6) is -0.870. The van der Waals surface area contributed by atoms with Crippen LogP contribution in [0.5, 0.6) is 0 Å². The summed E-state index contributed by atoms with van der Waals surface area (Å²) in [4.78, 5) is 37.6. The fraction of sp³-hybridized carbons (Fsp3) is 0.787. The van der Waals surface area contributed by atoms with Crippen LogP contribution in [0.15, 0.2) is 48.6 Å². The van der Waals surface area contributed by atoms with Crippen LogP contribution in [0.1, 0.15) is 187 Å². The Morgan fingerprint density at radius 1 is 0.544 bits per heavy atom. The molecular weight excluding hydrogens is 737 g/mol. The van der Waals surface area contributed by atoms with E-state index in [1.807, 2.05) is 21.1 Å². The van der Waals surface area contributed by atoms with Crippen molar-refractivity contribution in [1.29, 1.82) is 0 Å². The van der Waals surface area contributed by atoms with Crippen LogP contribution in [0.4, 0.5) is 0 Å². The van der Waals surface area contributed by atoms with Crippen molar-refractivity contribution < 1.29 is 42.1 Å². The number of quaternary nitrogens is 1. The molecule has 0 aromatic heterocycles. The van der Waals surface area contributed by atoms with Gasteiger partial charge in [0.1, 0.15) is 19.8 Å². The largest absolute Gasteiger partial charge is 0.756 e. The Bertz CT molecular complexity index is 1110. The van der Waals surface area contributed by atoms with E-state index in [9.17, 15) is 19.0 Å². The summed E-state index contributed by atoms with van der Waals surface area (Å²) in [7, 11) is 1.14. The summed E-state index contributed by atoms with van der Waals surface area (Å²) in [5.41, 5.74) is 0. The van der Waals surface area contributed by atoms with E-state index < -0.39 is 32.5 Å². The van der Waals surface area contributed by atoms with E-state index in [0.717, 1.165) is 70.6 Å². The van der Waals surface area contributed by atoms with Crippen LogP contribution in [-0.4, -0.2) is 70.0 Å². The van der Waals surface area contributed by atoms with E-state index in [4.69, 9.17) is 18.5 Å². The van der Waals surface area contributed by atoms with Gasteiger partial charge in [-0.1, -0.05) is 146 Å². The second-order valence-corrected chi connectivity index (χ2v) is 17.8. The topological polar surface area (TPSA) is 111 Å². The lowest BCUT2D eigenvalue weighted by molar-refractivity contribution is -0.870. The first kappa shape index (κ1) is 55.0. The van der Waals surface area contributed by atoms with Crippen LogP contribution in [0.2, 0.25) is 0 Å². The quantitative estimate of drug-likeness (QED) is 0.0197. The molecule has 9 nitrogen and oxygen atoms in total. The lowest BCUT2D eigenvalue weighted by Crippen LogP contribution is -2.37. The van der Waals surface area contributed by atoms with Crippen molar-refractivity contribution in [2.75, 3.05) is 47.5 Å². The number of phosphoric acid groups is 1. The number of hydrogen-bond donors (Lipinski definition) is 0. The van der Waals surface area contributed by atoms with Gasteiger partial charge < -0.3 is 27.9 Å². The van der Waals surface area contributed by atoms with E-state index in [1.165, 1.54) is 77.0 Å². The monoisotopic (exact) mass is 824 g/mol. The highest BCUT2D eigenvalue weighted by molar-refractivity contribution is 7.45. The first-order valence-corrected chi connectivity index (χ1v) is 24.3. The van der Waals surface area contributed by atoms with Crippen LogP contribution in [0, 0.1) is 0 Å². The Balaban J connectivity index is 4.40. The van der Waals surface area contributed by atoms with Crippen molar-refractivity contribution in [1.82, 2.24) is 0 Å². The highest BCUT2D eigenvalue weighted by Gasteiger charge is 2.21. The van der Waals surface area contributed by atoms with Gasteiger partial charge in [0.2, 0.25) is 0 Å². The van der Waals surface area contributed by atoms with Crippen molar-refractivity contribution in [2.24, 2.45) is 0 Å². The molecule has 0 aliphatic heterocycles. The minimum Gasteiger partial charge on any atom is -0.756 e. The van der Waals surface area contributed by atoms with Crippen LogP contribution in [0.25, 0.3) is 0 Å². The first-order chi connectivity index (χ1) is 27.5. The minimum atomic E-state index is -4.63. The molecular formula is C47H86NO8P. The number of likely N-dealkylation sites (N-methyl/N-ethyl adjacent to an activating group) is 1. The third-order valence-electron chi connectivity index (χ3n) is 9.57. The van der Waals surface area contributed by atoms with Gasteiger partial charge in [-0.3, -0.25) is 14.2 Å². The maximum absolute atomic E-state index is 12.7. The van der Waals surface area contributed by atoms with Gasteiger partial charge in [0.25, 0.3) is 7.82 Å². The van der Waals surface area contributed by atoms with Gasteiger partial charge in [-0.05, 0) is 77.0 Å². The molecule has 0 heterocycles. The number of rotatable bonds is 41. The number of unbranched alkanes of at least 4 members (excludes halogenated alkanes) is 19. The molecule has 0 aromatic rings. The predicted octanol–water partition coefficient (Wildman–Crippen LogP) is 12.4. The molecule has 2 atom stereocenters. The number of carbonyl (C=O) groups excluding carboxylic acids is 2. The van der Waals surface area contributed by atoms with E-state index in [1.54, 1.807) is 0 Å². The number of esters is 2. The smallest absolute Gasteiger partial charge is 0.306 e. The van der Waals surface area contributed by atoms with Crippen molar-refractivity contribution in [3.8, 4) is 0 Å². The van der Waals surface area contributed by atoms with Crippen molar-refractivity contribution in [3.05, 3.63) is 48.6 Å². The van der Waals surface area contributed by atoms with Gasteiger partial charge in [-0.25, -0.2) is 0 Å². The average Bonchev–Trinajstić information content (AvgIpc) is 3.16. The number of phosphoric ester groups is 1. The molecule has 57 heavy (non-hydrogen) atoms. The highest BCUT2D eigenvalue weighted by Crippen LogP contribution is 2.38. The molecule has 0 N–H and O–H groups in total. The van der Waals surface area contributed by atoms with Gasteiger partial charge in [-0.15, -0.1) is 0 Å². The molecule has 0 radical (unpaired) electrons. The minimum absolute atomic E-state index is 0.0374. The first-order valence-electron chi connectivity index (χ1n) is 22.8. The third kappa shape index (κ3) is 43.4. The second kappa shape index (κ2) is 39.4. The summed E-state index contributed by atoms with van der Waals surface area (Å²) < 4.78 is 33.9. The molecule has 0 aromatic carbocycles. The maximum atomic E-state index is 12.7. The zero-order valence-electron chi connectivity index (χ0n) is 37.3. The lowest BCUT2D eigenvalue weighted by Gasteiger charge is -2.28. The van der Waals surface area contributed by atoms with E-state index in [-0.39, 0.29) is 26.1 Å². The summed E-state index contributed by atoms with van der Waals surface area (Å²) in [6.07, 6.45) is 45.6. The van der Waals surface area contributed by atoms with Gasteiger partial charge in [0.15, 0.2) is 6.10 Å². The second-order valence-electron chi connectivity index (χ2n) is 16.4. The zero-order valence-corrected chi connectivity index (χ0v) is 38.2. The molecule has 0 fully saturated rings. The molecule has 0 spiro atoms. The molecule has 332 valence electrons. The molecule has 0 aliphatic rings. The Morgan fingerprint density at radius 2 is 0.947 bits per heavy atom. The zero-order chi connectivity index (χ0) is 42.1. The number of hydrogen-bond acceptors (Lipinski definition) is 8. The van der Waals surface area contributed by atoms with E-state index in [2.05, 4.69) is 62.5 Å². The summed E-state index contributed by atoms with van der Waals surface area (Å²) in [6, 6.07) is 0. The summed E-state index contributed by atoms with van der Waals surface area (Å²) >= 11 is 0. The van der Waals surface area contributed by atoms with Crippen LogP contribution >= 0.6 is 7.82 Å². The third-order valence-corrected chi connectivity index (χ3v) is 10.5. The molecule has 0 saturated carbocycles. The van der Waals surface area contributed by atoms with Crippen LogP contribution < -0.4 is 4.89 Å². The number of allylic oxidation sites excluding steroid dienone is 8. The average molecular weight is 824 g/mol. The fourth-order valence-electron chi connectivity index (χ4n) is 5.95. The van der Waals surface area contributed by atoms with Gasteiger partial charge in [0, 0.05) is 12.8 Å². The maximum Gasteiger partial charge on any atom is 0.306 e. The van der Waals surface area contributed by atoms with E-state index >= 15 is 0 Å². The molecule has 10 heteroatoms. The SMILES string of the molecule is CCCCC/C=C\C/C=C\C/C=C\CCCCCCC(=O)OC[C@H](COP(=O)([O-])OCC[N+](C)(C)C)OC(=O)CCCCCCC/C=C\CCCCCCCCC. The van der Waals surface area contributed by atoms with Crippen molar-refractivity contribution in [2.45, 2.75) is 193 Å². The number of carbonyl (C=O) groups is 2.